The summed E-state index contributed by atoms with van der Waals surface area (Å²) in [5.74, 6) is 0.130. The van der Waals surface area contributed by atoms with Crippen LogP contribution in [0.4, 0.5) is 0 Å². The molecule has 0 unspecified atom stereocenters. The van der Waals surface area contributed by atoms with E-state index in [1.54, 1.807) is 0 Å². The van der Waals surface area contributed by atoms with Crippen molar-refractivity contribution >= 4 is 37.6 Å². The lowest BCUT2D eigenvalue weighted by molar-refractivity contribution is -0.112. The molecule has 0 aliphatic heterocycles. The lowest BCUT2D eigenvalue weighted by atomic mass is 10.3. The van der Waals surface area contributed by atoms with Gasteiger partial charge in [0.2, 0.25) is 0 Å². The smallest absolute Gasteiger partial charge is 0.200 e. The minimum atomic E-state index is 0. The van der Waals surface area contributed by atoms with E-state index < -0.39 is 0 Å². The van der Waals surface area contributed by atoms with Crippen molar-refractivity contribution in [1.29, 1.82) is 0 Å². The van der Waals surface area contributed by atoms with Gasteiger partial charge in [0.05, 0.1) is 0 Å². The molecule has 0 aromatic rings. The molecular weight excluding hydrogens is 224 g/mol. The Morgan fingerprint density at radius 3 is 1.71 bits per heavy atom. The predicted octanol–water partition coefficient (Wildman–Crippen LogP) is 2.14. The van der Waals surface area contributed by atoms with Gasteiger partial charge in [-0.25, -0.2) is 0 Å². The quantitative estimate of drug-likeness (QED) is 0.633. The molecule has 0 saturated heterocycles. The minimum absolute atomic E-state index is 0. The fourth-order valence-electron chi connectivity index (χ4n) is 0. The van der Waals surface area contributed by atoms with Gasteiger partial charge in [-0.15, -0.1) is 17.0 Å². The second kappa shape index (κ2) is 4.78. The maximum Gasteiger partial charge on any atom is 0.200 e. The first-order valence-electron chi connectivity index (χ1n) is 1.84. The third-order valence-electron chi connectivity index (χ3n) is 0.454. The van der Waals surface area contributed by atoms with Crippen LogP contribution in [0.2, 0.25) is 0 Å². The van der Waals surface area contributed by atoms with Crippen LogP contribution in [0.15, 0.2) is 0 Å². The molecule has 0 fully saturated rings. The maximum atomic E-state index is 10.1. The Morgan fingerprint density at radius 1 is 1.57 bits per heavy atom. The maximum absolute atomic E-state index is 10.1. The zero-order valence-corrected chi connectivity index (χ0v) is 7.57. The monoisotopic (exact) mass is 230 g/mol. The summed E-state index contributed by atoms with van der Waals surface area (Å²) in [4.78, 5) is 10.1. The lowest BCUT2D eigenvalue weighted by Crippen LogP contribution is -1.94. The lowest BCUT2D eigenvalue weighted by Gasteiger charge is -1.88. The van der Waals surface area contributed by atoms with Gasteiger partial charge < -0.3 is 0 Å². The summed E-state index contributed by atoms with van der Waals surface area (Å²) in [5, 5.41) is 0. The molecule has 0 aliphatic carbocycles. The molecule has 44 valence electrons. The van der Waals surface area contributed by atoms with E-state index in [0.29, 0.717) is 0 Å². The van der Waals surface area contributed by atoms with E-state index in [9.17, 15) is 4.79 Å². The molecule has 1 nitrogen and oxygen atoms in total. The second-order valence-electron chi connectivity index (χ2n) is 1.46. The molecule has 0 aromatic carbocycles. The van der Waals surface area contributed by atoms with Gasteiger partial charge in [0, 0.05) is 5.92 Å². The van der Waals surface area contributed by atoms with Crippen LogP contribution in [0.25, 0.3) is 0 Å². The van der Waals surface area contributed by atoms with Crippen LogP contribution in [-0.4, -0.2) is 4.69 Å². The Kier molecular flexibility index (Phi) is 7.23. The molecule has 0 rings (SSSR count). The van der Waals surface area contributed by atoms with Crippen LogP contribution in [0.1, 0.15) is 13.8 Å². The van der Waals surface area contributed by atoms with Crippen molar-refractivity contribution in [2.24, 2.45) is 5.92 Å². The summed E-state index contributed by atoms with van der Waals surface area (Å²) in [6.45, 7) is 3.69. The normalized spacial score (nSPS) is 8.00. The van der Waals surface area contributed by atoms with Crippen LogP contribution < -0.4 is 0 Å². The minimum Gasteiger partial charge on any atom is -0.286 e. The Hall–Kier alpha value is 0.630. The predicted molar refractivity (Wildman–Crippen MR) is 39.1 cm³/mol. The van der Waals surface area contributed by atoms with Crippen molar-refractivity contribution in [3.05, 3.63) is 0 Å². The van der Waals surface area contributed by atoms with Crippen molar-refractivity contribution in [2.45, 2.75) is 13.8 Å². The van der Waals surface area contributed by atoms with E-state index in [-0.39, 0.29) is 27.6 Å². The molecule has 7 heavy (non-hydrogen) atoms. The zero-order chi connectivity index (χ0) is 5.15. The number of hydrogen-bond acceptors (Lipinski definition) is 1. The molecule has 0 aromatic heterocycles. The SMILES string of the molecule is Br.CC(C)C(=O)Br. The molecule has 0 bridgehead atoms. The summed E-state index contributed by atoms with van der Waals surface area (Å²) in [6.07, 6.45) is 0. The van der Waals surface area contributed by atoms with Gasteiger partial charge in [-0.2, -0.15) is 0 Å². The standard InChI is InChI=1S/C4H7BrO.BrH/c1-3(2)4(5)6;/h3H,1-2H3;1H. The molecule has 0 heterocycles. The molecule has 0 saturated carbocycles. The van der Waals surface area contributed by atoms with E-state index in [0.717, 1.165) is 0 Å². The molecule has 0 amide bonds. The fraction of sp³-hybridized carbons (Fsp3) is 0.750. The topological polar surface area (TPSA) is 17.1 Å². The number of halogens is 2. The van der Waals surface area contributed by atoms with E-state index in [2.05, 4.69) is 15.9 Å². The van der Waals surface area contributed by atoms with E-state index in [4.69, 9.17) is 0 Å². The third kappa shape index (κ3) is 6.63. The molecule has 0 atom stereocenters. The van der Waals surface area contributed by atoms with Gasteiger partial charge in [-0.1, -0.05) is 13.8 Å². The van der Waals surface area contributed by atoms with Crippen LogP contribution in [0, 0.1) is 5.92 Å². The summed E-state index contributed by atoms with van der Waals surface area (Å²) in [6, 6.07) is 0. The summed E-state index contributed by atoms with van der Waals surface area (Å²) >= 11 is 2.80. The van der Waals surface area contributed by atoms with Crippen LogP contribution in [0.5, 0.6) is 0 Å². The summed E-state index contributed by atoms with van der Waals surface area (Å²) in [5.41, 5.74) is 0. The number of carbonyl (C=O) groups excluding carboxylic acids is 1. The van der Waals surface area contributed by atoms with Crippen molar-refractivity contribution < 1.29 is 4.79 Å². The van der Waals surface area contributed by atoms with Crippen molar-refractivity contribution in [1.82, 2.24) is 0 Å². The van der Waals surface area contributed by atoms with Crippen molar-refractivity contribution in [3.8, 4) is 0 Å². The average Bonchev–Trinajstić information content (AvgIpc) is 1.36. The van der Waals surface area contributed by atoms with Crippen molar-refractivity contribution in [3.63, 3.8) is 0 Å². The van der Waals surface area contributed by atoms with Gasteiger partial charge in [0.25, 0.3) is 0 Å². The summed E-state index contributed by atoms with van der Waals surface area (Å²) < 4.78 is 0.0718. The molecule has 0 spiro atoms. The Balaban J connectivity index is 0. The van der Waals surface area contributed by atoms with E-state index in [1.807, 2.05) is 13.8 Å². The van der Waals surface area contributed by atoms with Crippen LogP contribution >= 0.6 is 32.9 Å². The number of carbonyl (C=O) groups is 1. The van der Waals surface area contributed by atoms with Gasteiger partial charge in [0.1, 0.15) is 0 Å². The Bertz CT molecular complexity index is 60.7. The highest BCUT2D eigenvalue weighted by molar-refractivity contribution is 9.18. The van der Waals surface area contributed by atoms with Gasteiger partial charge in [0.15, 0.2) is 4.69 Å². The Labute approximate surface area is 62.4 Å². The first-order chi connectivity index (χ1) is 2.64. The molecule has 3 heteroatoms. The van der Waals surface area contributed by atoms with Crippen LogP contribution in [0.3, 0.4) is 0 Å². The van der Waals surface area contributed by atoms with Gasteiger partial charge in [-0.3, -0.25) is 4.79 Å². The molecule has 0 N–H and O–H groups in total. The average molecular weight is 232 g/mol. The first-order valence-corrected chi connectivity index (χ1v) is 2.63. The molecular formula is C4H8Br2O. The highest BCUT2D eigenvalue weighted by atomic mass is 79.9. The second-order valence-corrected chi connectivity index (χ2v) is 2.24. The van der Waals surface area contributed by atoms with Gasteiger partial charge in [-0.05, 0) is 15.9 Å². The van der Waals surface area contributed by atoms with E-state index >= 15 is 0 Å². The molecule has 0 radical (unpaired) electrons. The van der Waals surface area contributed by atoms with Crippen LogP contribution in [-0.2, 0) is 4.79 Å². The highest BCUT2D eigenvalue weighted by Gasteiger charge is 1.97. The fourth-order valence-corrected chi connectivity index (χ4v) is 0. The van der Waals surface area contributed by atoms with E-state index in [1.165, 1.54) is 0 Å². The van der Waals surface area contributed by atoms with Crippen molar-refractivity contribution in [2.75, 3.05) is 0 Å². The first kappa shape index (κ1) is 10.6. The largest absolute Gasteiger partial charge is 0.286 e. The number of hydrogen-bond donors (Lipinski definition) is 0. The summed E-state index contributed by atoms with van der Waals surface area (Å²) in [7, 11) is 0. The Morgan fingerprint density at radius 2 is 1.71 bits per heavy atom. The molecule has 0 aliphatic rings. The van der Waals surface area contributed by atoms with Gasteiger partial charge >= 0.3 is 0 Å². The zero-order valence-electron chi connectivity index (χ0n) is 4.27. The number of rotatable bonds is 1. The highest BCUT2D eigenvalue weighted by Crippen LogP contribution is 1.98. The third-order valence-corrected chi connectivity index (χ3v) is 1.37.